The largest absolute Gasteiger partial charge is 0.379 e. The van der Waals surface area contributed by atoms with Gasteiger partial charge in [0.1, 0.15) is 0 Å². The summed E-state index contributed by atoms with van der Waals surface area (Å²) in [5, 5.41) is 0. The van der Waals surface area contributed by atoms with Gasteiger partial charge in [-0.2, -0.15) is 0 Å². The summed E-state index contributed by atoms with van der Waals surface area (Å²) >= 11 is 0. The molecule has 2 saturated heterocycles. The number of hydrogen-bond acceptors (Lipinski definition) is 5. The second-order valence-electron chi connectivity index (χ2n) is 8.06. The van der Waals surface area contributed by atoms with Crippen molar-refractivity contribution < 1.29 is 23.4 Å². The third-order valence-electron chi connectivity index (χ3n) is 5.74. The minimum atomic E-state index is -1.96. The molecule has 4 rings (SSSR count). The highest BCUT2D eigenvalue weighted by Gasteiger charge is 2.43. The molecule has 0 aliphatic carbocycles. The molecule has 2 aliphatic heterocycles. The number of rotatable bonds is 8. The maximum absolute atomic E-state index is 10.3. The van der Waals surface area contributed by atoms with Crippen LogP contribution in [0.5, 0.6) is 0 Å². The topological polar surface area (TPSA) is 57.2 Å². The van der Waals surface area contributed by atoms with Crippen LogP contribution in [0.25, 0.3) is 0 Å². The molecule has 0 amide bonds. The van der Waals surface area contributed by atoms with Crippen LogP contribution in [0.15, 0.2) is 48.5 Å². The first-order chi connectivity index (χ1) is 13.5. The lowest BCUT2D eigenvalue weighted by atomic mass is 9.79. The van der Waals surface area contributed by atoms with Crippen molar-refractivity contribution in [3.8, 4) is 0 Å². The molecular weight excluding hydrogens is 375 g/mol. The minimum Gasteiger partial charge on any atom is -0.379 e. The summed E-state index contributed by atoms with van der Waals surface area (Å²) < 4.78 is 22.4. The smallest absolute Gasteiger partial charge is 0.329 e. The Bertz CT molecular complexity index is 714. The van der Waals surface area contributed by atoms with Gasteiger partial charge in [0.05, 0.1) is 50.5 Å². The quantitative estimate of drug-likeness (QED) is 0.681. The van der Waals surface area contributed by atoms with Gasteiger partial charge in [-0.3, -0.25) is 0 Å². The molecule has 0 unspecified atom stereocenters. The molecule has 0 atom stereocenters. The minimum absolute atomic E-state index is 0.200. The van der Waals surface area contributed by atoms with Crippen LogP contribution in [0.3, 0.4) is 0 Å². The van der Waals surface area contributed by atoms with Crippen molar-refractivity contribution in [2.45, 2.75) is 24.7 Å². The lowest BCUT2D eigenvalue weighted by molar-refractivity contribution is -0.0901. The van der Waals surface area contributed by atoms with Crippen LogP contribution in [-0.2, 0) is 29.4 Å². The zero-order chi connectivity index (χ0) is 19.6. The fourth-order valence-corrected chi connectivity index (χ4v) is 4.36. The highest BCUT2D eigenvalue weighted by molar-refractivity contribution is 7.40. The van der Waals surface area contributed by atoms with E-state index in [1.165, 1.54) is 22.3 Å². The molecule has 6 heteroatoms. The lowest BCUT2D eigenvalue weighted by Gasteiger charge is -2.43. The van der Waals surface area contributed by atoms with Crippen LogP contribution in [0.2, 0.25) is 0 Å². The molecule has 0 aromatic heterocycles. The van der Waals surface area contributed by atoms with Gasteiger partial charge in [0, 0.05) is 0 Å². The molecule has 150 valence electrons. The maximum atomic E-state index is 10.3. The van der Waals surface area contributed by atoms with E-state index in [0.29, 0.717) is 39.6 Å². The van der Waals surface area contributed by atoms with Crippen molar-refractivity contribution in [2.24, 2.45) is 0 Å². The fraction of sp³-hybridized carbons (Fsp3) is 0.455. The summed E-state index contributed by atoms with van der Waals surface area (Å²) in [5.41, 5.74) is 4.39. The van der Waals surface area contributed by atoms with Gasteiger partial charge in [-0.1, -0.05) is 59.7 Å². The monoisotopic (exact) mass is 402 g/mol. The molecular formula is C22H27O5P. The Morgan fingerprint density at radius 3 is 1.39 bits per heavy atom. The van der Waals surface area contributed by atoms with Crippen molar-refractivity contribution in [1.82, 2.24) is 0 Å². The summed E-state index contributed by atoms with van der Waals surface area (Å²) in [6.07, 6.45) is 0. The highest BCUT2D eigenvalue weighted by Crippen LogP contribution is 2.43. The van der Waals surface area contributed by atoms with Crippen LogP contribution >= 0.6 is 8.60 Å². The fourth-order valence-electron chi connectivity index (χ4n) is 3.57. The summed E-state index contributed by atoms with van der Waals surface area (Å²) in [6.45, 7) is 7.29. The predicted octanol–water partition coefficient (Wildman–Crippen LogP) is 3.79. The van der Waals surface area contributed by atoms with Gasteiger partial charge < -0.3 is 23.4 Å². The average Bonchev–Trinajstić information content (AvgIpc) is 2.62. The van der Waals surface area contributed by atoms with E-state index in [2.05, 4.69) is 62.4 Å². The third kappa shape index (κ3) is 4.02. The molecule has 2 aromatic rings. The van der Waals surface area contributed by atoms with Crippen LogP contribution < -0.4 is 0 Å². The highest BCUT2D eigenvalue weighted by atomic mass is 31.2. The van der Waals surface area contributed by atoms with E-state index in [4.69, 9.17) is 18.5 Å². The van der Waals surface area contributed by atoms with Crippen molar-refractivity contribution in [3.05, 3.63) is 70.8 Å². The molecule has 0 radical (unpaired) electrons. The third-order valence-corrected chi connectivity index (χ3v) is 6.44. The summed E-state index contributed by atoms with van der Waals surface area (Å²) in [5.74, 6) is 0. The Labute approximate surface area is 167 Å². The van der Waals surface area contributed by atoms with Gasteiger partial charge in [-0.25, -0.2) is 0 Å². The Hall–Kier alpha value is -1.33. The first-order valence-electron chi connectivity index (χ1n) is 9.56. The molecule has 2 aliphatic rings. The van der Waals surface area contributed by atoms with Gasteiger partial charge in [-0.15, -0.1) is 0 Å². The van der Waals surface area contributed by atoms with Crippen molar-refractivity contribution >= 4 is 8.60 Å². The van der Waals surface area contributed by atoms with Gasteiger partial charge in [-0.05, 0) is 25.0 Å². The number of ether oxygens (including phenoxy) is 2. The van der Waals surface area contributed by atoms with Gasteiger partial charge in [0.15, 0.2) is 0 Å². The molecule has 0 spiro atoms. The summed E-state index contributed by atoms with van der Waals surface area (Å²) in [7, 11) is -1.96. The zero-order valence-corrected chi connectivity index (χ0v) is 17.3. The van der Waals surface area contributed by atoms with Crippen molar-refractivity contribution in [3.63, 3.8) is 0 Å². The molecule has 28 heavy (non-hydrogen) atoms. The van der Waals surface area contributed by atoms with Crippen LogP contribution in [0, 0.1) is 13.8 Å². The second kappa shape index (κ2) is 8.19. The van der Waals surface area contributed by atoms with Gasteiger partial charge >= 0.3 is 8.60 Å². The van der Waals surface area contributed by atoms with E-state index < -0.39 is 8.60 Å². The summed E-state index contributed by atoms with van der Waals surface area (Å²) in [6, 6.07) is 16.8. The first-order valence-corrected chi connectivity index (χ1v) is 10.7. The number of hydrogen-bond donors (Lipinski definition) is 1. The molecule has 2 fully saturated rings. The van der Waals surface area contributed by atoms with Crippen molar-refractivity contribution in [1.29, 1.82) is 0 Å². The van der Waals surface area contributed by atoms with E-state index in [0.717, 1.165) is 0 Å². The van der Waals surface area contributed by atoms with E-state index in [1.54, 1.807) is 0 Å². The Morgan fingerprint density at radius 2 is 1.11 bits per heavy atom. The van der Waals surface area contributed by atoms with Gasteiger partial charge in [0.25, 0.3) is 0 Å². The Kier molecular flexibility index (Phi) is 5.84. The molecule has 0 bridgehead atoms. The number of benzene rings is 2. The molecule has 0 saturated carbocycles. The number of aryl methyl sites for hydroxylation is 2. The average molecular weight is 402 g/mol. The normalized spacial score (nSPS) is 19.9. The molecule has 5 nitrogen and oxygen atoms in total. The van der Waals surface area contributed by atoms with E-state index in [9.17, 15) is 4.89 Å². The zero-order valence-electron chi connectivity index (χ0n) is 16.4. The first kappa shape index (κ1) is 20.0. The molecule has 1 N–H and O–H groups in total. The Balaban J connectivity index is 1.33. The second-order valence-corrected chi connectivity index (χ2v) is 9.06. The standard InChI is InChI=1S/C22H27O5P/c1-17-3-7-19(8-4-17)21(11-24-12-21)15-26-28(23)27-16-22(13-25-14-22)20-9-5-18(2)6-10-20/h3-10,23H,11-16H2,1-2H3. The predicted molar refractivity (Wildman–Crippen MR) is 108 cm³/mol. The SMILES string of the molecule is Cc1ccc(C2(COP(O)OCC3(c4ccc(C)cc4)COC3)COC2)cc1. The molecule has 2 aromatic carbocycles. The van der Waals surface area contributed by atoms with Crippen molar-refractivity contribution in [2.75, 3.05) is 39.6 Å². The van der Waals surface area contributed by atoms with Gasteiger partial charge in [0.2, 0.25) is 0 Å². The summed E-state index contributed by atoms with van der Waals surface area (Å²) in [4.78, 5) is 10.3. The van der Waals surface area contributed by atoms with E-state index in [1.807, 2.05) is 0 Å². The lowest BCUT2D eigenvalue weighted by Crippen LogP contribution is -2.50. The van der Waals surface area contributed by atoms with Crippen LogP contribution in [-0.4, -0.2) is 44.5 Å². The van der Waals surface area contributed by atoms with Crippen LogP contribution in [0.1, 0.15) is 22.3 Å². The van der Waals surface area contributed by atoms with E-state index >= 15 is 0 Å². The maximum Gasteiger partial charge on any atom is 0.329 e. The molecule has 2 heterocycles. The van der Waals surface area contributed by atoms with Crippen LogP contribution in [0.4, 0.5) is 0 Å². The Morgan fingerprint density at radius 1 is 0.750 bits per heavy atom. The van der Waals surface area contributed by atoms with E-state index in [-0.39, 0.29) is 10.8 Å².